The zero-order valence-corrected chi connectivity index (χ0v) is 21.9. The Morgan fingerprint density at radius 1 is 0.811 bits per heavy atom. The molecule has 2 rings (SSSR count). The van der Waals surface area contributed by atoms with E-state index in [-0.39, 0.29) is 18.3 Å². The Kier molecular flexibility index (Phi) is 16.8. The van der Waals surface area contributed by atoms with Gasteiger partial charge in [-0.1, -0.05) is 59.7 Å². The predicted molar refractivity (Wildman–Crippen MR) is 137 cm³/mol. The van der Waals surface area contributed by atoms with E-state index in [0.29, 0.717) is 19.2 Å². The zero-order valence-electron chi connectivity index (χ0n) is 21.1. The fourth-order valence-corrected chi connectivity index (χ4v) is 2.63. The molecule has 0 spiro atoms. The Bertz CT molecular complexity index is 1150. The molecular weight excluding hydrogens is 500 g/mol. The number of benzene rings is 2. The molecule has 2 aromatic carbocycles. The number of ketones is 1. The Morgan fingerprint density at radius 3 is 1.65 bits per heavy atom. The van der Waals surface area contributed by atoms with Crippen molar-refractivity contribution >= 4 is 46.5 Å². The zero-order chi connectivity index (χ0) is 28.2. The molecule has 0 aliphatic rings. The molecule has 10 nitrogen and oxygen atoms in total. The van der Waals surface area contributed by atoms with Gasteiger partial charge in [0.15, 0.2) is 0 Å². The summed E-state index contributed by atoms with van der Waals surface area (Å²) in [4.78, 5) is 48.8. The Balaban J connectivity index is 0.000000580. The molecule has 0 aliphatic carbocycles. The van der Waals surface area contributed by atoms with Crippen LogP contribution < -0.4 is 0 Å². The van der Waals surface area contributed by atoms with Gasteiger partial charge in [0.25, 0.3) is 5.78 Å². The third-order valence-electron chi connectivity index (χ3n) is 4.23. The minimum absolute atomic E-state index is 0.00150. The first-order valence-electron chi connectivity index (χ1n) is 11.1. The van der Waals surface area contributed by atoms with Crippen molar-refractivity contribution in [3.8, 4) is 0 Å². The van der Waals surface area contributed by atoms with E-state index in [1.165, 1.54) is 5.56 Å². The second-order valence-corrected chi connectivity index (χ2v) is 7.69. The molecule has 0 aromatic heterocycles. The minimum Gasteiger partial charge on any atom is -0.458 e. The molecule has 11 heteroatoms. The molecule has 0 unspecified atom stereocenters. The van der Waals surface area contributed by atoms with Crippen LogP contribution in [0.2, 0.25) is 0 Å². The molecule has 0 bridgehead atoms. The molecule has 0 fully saturated rings. The molecule has 0 heterocycles. The van der Waals surface area contributed by atoms with Gasteiger partial charge < -0.3 is 20.5 Å². The highest BCUT2D eigenvalue weighted by Gasteiger charge is 2.30. The van der Waals surface area contributed by atoms with Gasteiger partial charge in [0.05, 0.1) is 13.2 Å². The van der Waals surface area contributed by atoms with E-state index in [9.17, 15) is 19.2 Å². The normalized spacial score (nSPS) is 9.00. The van der Waals surface area contributed by atoms with E-state index in [0.717, 1.165) is 16.7 Å². The van der Waals surface area contributed by atoms with Gasteiger partial charge in [-0.15, -0.1) is 0 Å². The highest BCUT2D eigenvalue weighted by Crippen LogP contribution is 2.06. The van der Waals surface area contributed by atoms with Crippen LogP contribution in [0, 0.1) is 13.8 Å². The van der Waals surface area contributed by atoms with Crippen molar-refractivity contribution in [1.82, 2.24) is 0 Å². The Hall–Kier alpha value is -4.23. The second-order valence-electron chi connectivity index (χ2n) is 7.27. The first-order valence-corrected chi connectivity index (χ1v) is 11.5. The number of esters is 2. The number of carbonyl (C=O) groups excluding carboxylic acids is 4. The topological polar surface area (TPSA) is 160 Å². The molecule has 0 radical (unpaired) electrons. The number of nitrogens with zero attached hydrogens (tertiary/aromatic N) is 4. The number of ether oxygens (including phenoxy) is 2. The summed E-state index contributed by atoms with van der Waals surface area (Å²) < 4.78 is 8.96. The van der Waals surface area contributed by atoms with Crippen molar-refractivity contribution in [3.63, 3.8) is 0 Å². The summed E-state index contributed by atoms with van der Waals surface area (Å²) >= 11 is 5.21. The molecule has 196 valence electrons. The van der Waals surface area contributed by atoms with Crippen LogP contribution in [0.25, 0.3) is 11.1 Å². The molecule has 2 aromatic rings. The average molecular weight is 529 g/mol. The number of hydrogen-bond donors (Lipinski definition) is 0. The summed E-state index contributed by atoms with van der Waals surface area (Å²) in [6.45, 7) is 7.64. The van der Waals surface area contributed by atoms with Crippen LogP contribution >= 0.6 is 11.6 Å². The van der Waals surface area contributed by atoms with Crippen LogP contribution in [0.3, 0.4) is 0 Å². The first-order chi connectivity index (χ1) is 17.6. The fraction of sp³-hybridized carbons (Fsp3) is 0.308. The number of rotatable bonds is 9. The summed E-state index contributed by atoms with van der Waals surface area (Å²) in [6.07, 6.45) is 1.02. The van der Waals surface area contributed by atoms with Gasteiger partial charge in [-0.2, -0.15) is 9.58 Å². The average Bonchev–Trinajstić information content (AvgIpc) is 2.84. The third-order valence-corrected chi connectivity index (χ3v) is 4.37. The van der Waals surface area contributed by atoms with Crippen LogP contribution in [0.5, 0.6) is 0 Å². The maximum absolute atomic E-state index is 11.8. The first kappa shape index (κ1) is 32.8. The molecule has 0 aliphatic heterocycles. The van der Waals surface area contributed by atoms with Crippen LogP contribution in [0.1, 0.15) is 36.1 Å². The van der Waals surface area contributed by atoms with E-state index < -0.39 is 23.4 Å². The lowest BCUT2D eigenvalue weighted by Crippen LogP contribution is -2.28. The lowest BCUT2D eigenvalue weighted by Gasteiger charge is -1.99. The van der Waals surface area contributed by atoms with E-state index >= 15 is 0 Å². The van der Waals surface area contributed by atoms with Crippen molar-refractivity contribution in [2.45, 2.75) is 40.5 Å². The van der Waals surface area contributed by atoms with Crippen LogP contribution in [0.15, 0.2) is 48.5 Å². The smallest absolute Gasteiger partial charge is 0.441 e. The van der Waals surface area contributed by atoms with Crippen molar-refractivity contribution in [1.29, 1.82) is 0 Å². The number of Topliss-reactive ketones (excluding diaryl/α,β-unsaturated/α-hetero) is 1. The van der Waals surface area contributed by atoms with Crippen LogP contribution in [-0.2, 0) is 41.5 Å². The van der Waals surface area contributed by atoms with Crippen LogP contribution in [-0.4, -0.2) is 57.7 Å². The lowest BCUT2D eigenvalue weighted by atomic mass is 10.0. The van der Waals surface area contributed by atoms with Crippen molar-refractivity contribution in [2.24, 2.45) is 0 Å². The van der Waals surface area contributed by atoms with Gasteiger partial charge in [0.2, 0.25) is 5.24 Å². The molecule has 0 saturated carbocycles. The molecule has 0 atom stereocenters. The van der Waals surface area contributed by atoms with Crippen LogP contribution in [0.4, 0.5) is 0 Å². The highest BCUT2D eigenvalue weighted by atomic mass is 35.5. The quantitative estimate of drug-likeness (QED) is 0.121. The molecule has 0 N–H and O–H groups in total. The standard InChI is InChI=1S/C13H14N2O3.C9H9ClO.C4H6N2O2/c1-3-18-13(17)12(15-14)11(16)8-10-6-4-9(2)5-7-10;1-7-2-4-8(5-3-7)6-9(10)11;1-2-8-4(7)3-6-5/h4-7H,3,8H2,1-2H3;2-5H,6H2,1H3;3H,2H2,1H3. The molecule has 37 heavy (non-hydrogen) atoms. The van der Waals surface area contributed by atoms with E-state index in [1.807, 2.05) is 50.2 Å². The van der Waals surface area contributed by atoms with Gasteiger partial charge in [-0.25, -0.2) is 9.59 Å². The van der Waals surface area contributed by atoms with Crippen molar-refractivity contribution in [3.05, 3.63) is 81.8 Å². The van der Waals surface area contributed by atoms with Gasteiger partial charge in [0.1, 0.15) is 0 Å². The maximum Gasteiger partial charge on any atom is 0.441 e. The highest BCUT2D eigenvalue weighted by molar-refractivity contribution is 6.63. The molecule has 0 saturated heterocycles. The summed E-state index contributed by atoms with van der Waals surface area (Å²) in [5, 5.41) is -0.311. The summed E-state index contributed by atoms with van der Waals surface area (Å²) in [5.41, 5.74) is 19.8. The summed E-state index contributed by atoms with van der Waals surface area (Å²) in [7, 11) is 0. The third kappa shape index (κ3) is 15.4. The minimum atomic E-state index is -0.905. The number of hydrogen-bond acceptors (Lipinski definition) is 6. The number of carbonyl (C=O) groups is 4. The Labute approximate surface area is 220 Å². The second kappa shape index (κ2) is 19.0. The molecular formula is C26H29ClN4O6. The van der Waals surface area contributed by atoms with Gasteiger partial charge in [0, 0.05) is 12.8 Å². The SMILES string of the molecule is CCOC(=O)C(=[N+]=[N-])C(=O)Cc1ccc(C)cc1.CCOC(=O)C=[N+]=[N-].Cc1ccc(CC(=O)Cl)cc1. The Morgan fingerprint density at radius 2 is 1.27 bits per heavy atom. The van der Waals surface area contributed by atoms with Crippen molar-refractivity contribution in [2.75, 3.05) is 13.2 Å². The van der Waals surface area contributed by atoms with E-state index in [1.54, 1.807) is 26.0 Å². The van der Waals surface area contributed by atoms with Crippen molar-refractivity contribution < 1.29 is 38.2 Å². The van der Waals surface area contributed by atoms with Gasteiger partial charge >= 0.3 is 23.9 Å². The number of aryl methyl sites for hydroxylation is 2. The lowest BCUT2D eigenvalue weighted by molar-refractivity contribution is -0.142. The van der Waals surface area contributed by atoms with Gasteiger partial charge in [-0.05, 0) is 50.4 Å². The largest absolute Gasteiger partial charge is 0.458 e. The monoisotopic (exact) mass is 528 g/mol. The number of halogens is 1. The molecule has 0 amide bonds. The predicted octanol–water partition coefficient (Wildman–Crippen LogP) is 3.49. The fourth-order valence-electron chi connectivity index (χ4n) is 2.48. The maximum atomic E-state index is 11.8. The summed E-state index contributed by atoms with van der Waals surface area (Å²) in [6, 6.07) is 15.1. The van der Waals surface area contributed by atoms with E-state index in [2.05, 4.69) is 19.1 Å². The summed E-state index contributed by atoms with van der Waals surface area (Å²) in [5.74, 6) is -2.10. The van der Waals surface area contributed by atoms with E-state index in [4.69, 9.17) is 22.7 Å². The van der Waals surface area contributed by atoms with Gasteiger partial charge in [-0.3, -0.25) is 9.59 Å².